The molecule has 5 nitrogen and oxygen atoms in total. The van der Waals surface area contributed by atoms with E-state index in [1.165, 1.54) is 6.08 Å². The highest BCUT2D eigenvalue weighted by atomic mass is 16.4. The summed E-state index contributed by atoms with van der Waals surface area (Å²) in [7, 11) is 0. The molecule has 5 heteroatoms. The van der Waals surface area contributed by atoms with E-state index in [0.717, 1.165) is 12.8 Å². The van der Waals surface area contributed by atoms with Gasteiger partial charge in [-0.1, -0.05) is 6.08 Å². The maximum atomic E-state index is 11.4. The number of urea groups is 1. The quantitative estimate of drug-likeness (QED) is 0.591. The van der Waals surface area contributed by atoms with Gasteiger partial charge in [-0.2, -0.15) is 0 Å². The minimum atomic E-state index is -1.05. The molecule has 1 aliphatic rings. The van der Waals surface area contributed by atoms with Crippen LogP contribution in [0.4, 0.5) is 4.79 Å². The molecule has 0 saturated heterocycles. The summed E-state index contributed by atoms with van der Waals surface area (Å²) >= 11 is 0. The number of nitrogens with one attached hydrogen (secondary N) is 2. The molecular formula is C10H16N2O3. The minimum Gasteiger partial charge on any atom is -0.480 e. The Kier molecular flexibility index (Phi) is 3.34. The van der Waals surface area contributed by atoms with Gasteiger partial charge in [0.25, 0.3) is 0 Å². The largest absolute Gasteiger partial charge is 0.480 e. The van der Waals surface area contributed by atoms with Crippen LogP contribution in [-0.4, -0.2) is 28.7 Å². The van der Waals surface area contributed by atoms with Crippen molar-refractivity contribution in [1.29, 1.82) is 0 Å². The van der Waals surface area contributed by atoms with Crippen molar-refractivity contribution in [3.8, 4) is 0 Å². The Hall–Kier alpha value is -1.52. The van der Waals surface area contributed by atoms with Crippen LogP contribution < -0.4 is 10.6 Å². The predicted molar refractivity (Wildman–Crippen MR) is 55.5 cm³/mol. The lowest BCUT2D eigenvalue weighted by atomic mass is 10.2. The molecule has 1 rings (SSSR count). The zero-order valence-corrected chi connectivity index (χ0v) is 8.75. The first kappa shape index (κ1) is 11.6. The second kappa shape index (κ2) is 4.33. The van der Waals surface area contributed by atoms with E-state index in [1.807, 2.05) is 6.92 Å². The average molecular weight is 212 g/mol. The van der Waals surface area contributed by atoms with E-state index in [4.69, 9.17) is 5.11 Å². The second-order valence-corrected chi connectivity index (χ2v) is 4.07. The fourth-order valence-corrected chi connectivity index (χ4v) is 1.17. The number of aliphatic carboxylic acids is 1. The Bertz CT molecular complexity index is 284. The molecule has 1 atom stereocenters. The van der Waals surface area contributed by atoms with E-state index in [0.29, 0.717) is 0 Å². The van der Waals surface area contributed by atoms with Crippen molar-refractivity contribution in [2.24, 2.45) is 0 Å². The molecule has 0 bridgehead atoms. The van der Waals surface area contributed by atoms with E-state index in [-0.39, 0.29) is 12.0 Å². The highest BCUT2D eigenvalue weighted by Gasteiger charge is 2.39. The zero-order chi connectivity index (χ0) is 11.5. The van der Waals surface area contributed by atoms with Crippen LogP contribution in [0.3, 0.4) is 0 Å². The highest BCUT2D eigenvalue weighted by Crippen LogP contribution is 2.33. The Morgan fingerprint density at radius 2 is 2.20 bits per heavy atom. The molecule has 3 N–H and O–H groups in total. The molecule has 1 fully saturated rings. The molecule has 15 heavy (non-hydrogen) atoms. The number of carbonyl (C=O) groups excluding carboxylic acids is 1. The lowest BCUT2D eigenvalue weighted by Gasteiger charge is -2.16. The molecule has 0 aromatic heterocycles. The average Bonchev–Trinajstić information content (AvgIpc) is 2.82. The maximum Gasteiger partial charge on any atom is 0.326 e. The zero-order valence-electron chi connectivity index (χ0n) is 8.75. The van der Waals surface area contributed by atoms with Gasteiger partial charge in [-0.3, -0.25) is 0 Å². The van der Waals surface area contributed by atoms with Gasteiger partial charge in [0.1, 0.15) is 6.04 Å². The molecule has 0 aromatic rings. The molecule has 84 valence electrons. The first-order chi connectivity index (χ1) is 6.97. The van der Waals surface area contributed by atoms with Crippen molar-refractivity contribution in [3.05, 3.63) is 12.7 Å². The van der Waals surface area contributed by atoms with Crippen molar-refractivity contribution >= 4 is 12.0 Å². The predicted octanol–water partition coefficient (Wildman–Crippen LogP) is 0.867. The number of hydrogen-bond acceptors (Lipinski definition) is 2. The second-order valence-electron chi connectivity index (χ2n) is 4.07. The van der Waals surface area contributed by atoms with Gasteiger partial charge in [0.05, 0.1) is 0 Å². The fourth-order valence-electron chi connectivity index (χ4n) is 1.17. The number of amides is 2. The van der Waals surface area contributed by atoms with Crippen LogP contribution in [0.1, 0.15) is 26.2 Å². The number of rotatable bonds is 5. The van der Waals surface area contributed by atoms with Gasteiger partial charge < -0.3 is 15.7 Å². The lowest BCUT2D eigenvalue weighted by Crippen LogP contribution is -2.49. The number of carboxylic acid groups (broad SMARTS) is 1. The van der Waals surface area contributed by atoms with Crippen molar-refractivity contribution in [2.75, 3.05) is 0 Å². The van der Waals surface area contributed by atoms with Crippen LogP contribution in [0.25, 0.3) is 0 Å². The van der Waals surface area contributed by atoms with Gasteiger partial charge in [0.2, 0.25) is 0 Å². The maximum absolute atomic E-state index is 11.4. The van der Waals surface area contributed by atoms with Crippen molar-refractivity contribution in [3.63, 3.8) is 0 Å². The van der Waals surface area contributed by atoms with E-state index in [9.17, 15) is 9.59 Å². The van der Waals surface area contributed by atoms with Gasteiger partial charge in [-0.25, -0.2) is 9.59 Å². The molecule has 0 aliphatic heterocycles. The summed E-state index contributed by atoms with van der Waals surface area (Å²) in [4.78, 5) is 22.1. The summed E-state index contributed by atoms with van der Waals surface area (Å²) < 4.78 is 0. The summed E-state index contributed by atoms with van der Waals surface area (Å²) in [6.45, 7) is 5.37. The number of hydrogen-bond donors (Lipinski definition) is 3. The normalized spacial score (nSPS) is 18.7. The van der Waals surface area contributed by atoms with Crippen LogP contribution in [0.15, 0.2) is 12.7 Å². The Morgan fingerprint density at radius 1 is 1.60 bits per heavy atom. The van der Waals surface area contributed by atoms with Crippen molar-refractivity contribution in [1.82, 2.24) is 10.6 Å². The molecule has 0 radical (unpaired) electrons. The number of carboxylic acids is 1. The smallest absolute Gasteiger partial charge is 0.326 e. The first-order valence-electron chi connectivity index (χ1n) is 4.89. The van der Waals surface area contributed by atoms with Crippen LogP contribution in [-0.2, 0) is 4.79 Å². The molecule has 1 unspecified atom stereocenters. The fraction of sp³-hybridized carbons (Fsp3) is 0.600. The Balaban J connectivity index is 2.39. The summed E-state index contributed by atoms with van der Waals surface area (Å²) in [6, 6.07) is -1.32. The van der Waals surface area contributed by atoms with Gasteiger partial charge in [0.15, 0.2) is 0 Å². The summed E-state index contributed by atoms with van der Waals surface area (Å²) in [6.07, 6.45) is 3.58. The van der Waals surface area contributed by atoms with E-state index < -0.39 is 18.0 Å². The standard InChI is InChI=1S/C10H16N2O3/c1-3-4-7(8(13)14)11-9(15)12-10(2)5-6-10/h3,7H,1,4-6H2,2H3,(H,13,14)(H2,11,12,15). The van der Waals surface area contributed by atoms with Gasteiger partial charge >= 0.3 is 12.0 Å². The highest BCUT2D eigenvalue weighted by molar-refractivity contribution is 5.83. The molecule has 0 heterocycles. The molecule has 1 saturated carbocycles. The Morgan fingerprint density at radius 3 is 2.60 bits per heavy atom. The summed E-state index contributed by atoms with van der Waals surface area (Å²) in [5, 5.41) is 13.9. The van der Waals surface area contributed by atoms with E-state index in [2.05, 4.69) is 17.2 Å². The van der Waals surface area contributed by atoms with Gasteiger partial charge in [-0.15, -0.1) is 6.58 Å². The van der Waals surface area contributed by atoms with Crippen LogP contribution in [0, 0.1) is 0 Å². The number of carbonyl (C=O) groups is 2. The third-order valence-electron chi connectivity index (χ3n) is 2.42. The summed E-state index contributed by atoms with van der Waals surface area (Å²) in [5.74, 6) is -1.05. The topological polar surface area (TPSA) is 78.4 Å². The molecule has 0 spiro atoms. The third-order valence-corrected chi connectivity index (χ3v) is 2.42. The lowest BCUT2D eigenvalue weighted by molar-refractivity contribution is -0.139. The molecule has 0 aromatic carbocycles. The first-order valence-corrected chi connectivity index (χ1v) is 4.89. The SMILES string of the molecule is C=CCC(NC(=O)NC1(C)CC1)C(=O)O. The molecule has 2 amide bonds. The van der Waals surface area contributed by atoms with Crippen LogP contribution >= 0.6 is 0 Å². The van der Waals surface area contributed by atoms with E-state index in [1.54, 1.807) is 0 Å². The summed E-state index contributed by atoms with van der Waals surface area (Å²) in [5.41, 5.74) is -0.138. The van der Waals surface area contributed by atoms with Crippen molar-refractivity contribution in [2.45, 2.75) is 37.8 Å². The molecular weight excluding hydrogens is 196 g/mol. The van der Waals surface area contributed by atoms with Crippen LogP contribution in [0.5, 0.6) is 0 Å². The minimum absolute atomic E-state index is 0.138. The Labute approximate surface area is 88.5 Å². The monoisotopic (exact) mass is 212 g/mol. The van der Waals surface area contributed by atoms with Crippen molar-refractivity contribution < 1.29 is 14.7 Å². The third kappa shape index (κ3) is 3.61. The van der Waals surface area contributed by atoms with Gasteiger partial charge in [-0.05, 0) is 26.2 Å². The van der Waals surface area contributed by atoms with Gasteiger partial charge in [0, 0.05) is 5.54 Å². The van der Waals surface area contributed by atoms with Crippen LogP contribution in [0.2, 0.25) is 0 Å². The molecule has 1 aliphatic carbocycles. The van der Waals surface area contributed by atoms with E-state index >= 15 is 0 Å².